The fourth-order valence-electron chi connectivity index (χ4n) is 8.61. The summed E-state index contributed by atoms with van der Waals surface area (Å²) < 4.78 is 0. The first-order chi connectivity index (χ1) is 18.2. The van der Waals surface area contributed by atoms with Crippen LogP contribution in [0.2, 0.25) is 0 Å². The van der Waals surface area contributed by atoms with E-state index < -0.39 is 0 Å². The van der Waals surface area contributed by atoms with E-state index in [1.54, 1.807) is 0 Å². The number of hydrogen-bond donors (Lipinski definition) is 2. The Morgan fingerprint density at radius 3 is 0.775 bits per heavy atom. The van der Waals surface area contributed by atoms with Crippen molar-refractivity contribution in [3.8, 4) is 0 Å². The highest BCUT2D eigenvalue weighted by Crippen LogP contribution is 2.50. The third-order valence-electron chi connectivity index (χ3n) is 11.4. The summed E-state index contributed by atoms with van der Waals surface area (Å²) in [4.78, 5) is 0. The van der Waals surface area contributed by atoms with Gasteiger partial charge in [0.25, 0.3) is 0 Å². The molecular formula is C38H74O2. The molecule has 0 radical (unpaired) electrons. The summed E-state index contributed by atoms with van der Waals surface area (Å²) in [5.41, 5.74) is 0.732. The van der Waals surface area contributed by atoms with Crippen LogP contribution in [0, 0.1) is 57.2 Å². The Hall–Kier alpha value is -0.0800. The summed E-state index contributed by atoms with van der Waals surface area (Å²) in [6.45, 7) is 27.9. The van der Waals surface area contributed by atoms with E-state index in [1.165, 1.54) is 89.9 Å². The monoisotopic (exact) mass is 563 g/mol. The summed E-state index contributed by atoms with van der Waals surface area (Å²) in [7, 11) is 0. The lowest BCUT2D eigenvalue weighted by Crippen LogP contribution is -2.47. The molecule has 2 N–H and O–H groups in total. The maximum atomic E-state index is 11.2. The van der Waals surface area contributed by atoms with E-state index in [4.69, 9.17) is 0 Å². The van der Waals surface area contributed by atoms with Gasteiger partial charge < -0.3 is 10.2 Å². The molecule has 0 aromatic rings. The highest BCUT2D eigenvalue weighted by molar-refractivity contribution is 4.96. The average Bonchev–Trinajstić information content (AvgIpc) is 2.78. The first-order valence-corrected chi connectivity index (χ1v) is 17.6. The van der Waals surface area contributed by atoms with E-state index in [2.05, 4.69) is 83.1 Å². The minimum Gasteiger partial charge on any atom is -0.393 e. The quantitative estimate of drug-likeness (QED) is 0.246. The van der Waals surface area contributed by atoms with Crippen molar-refractivity contribution in [3.63, 3.8) is 0 Å². The van der Waals surface area contributed by atoms with Crippen LogP contribution in [0.25, 0.3) is 0 Å². The van der Waals surface area contributed by atoms with E-state index in [0.29, 0.717) is 23.7 Å². The normalized spacial score (nSPS) is 32.9. The van der Waals surface area contributed by atoms with Crippen molar-refractivity contribution in [1.82, 2.24) is 0 Å². The molecule has 2 saturated carbocycles. The molecule has 0 amide bonds. The van der Waals surface area contributed by atoms with Gasteiger partial charge >= 0.3 is 0 Å². The highest BCUT2D eigenvalue weighted by atomic mass is 16.3. The summed E-state index contributed by atoms with van der Waals surface area (Å²) >= 11 is 0. The first-order valence-electron chi connectivity index (χ1n) is 17.6. The van der Waals surface area contributed by atoms with Crippen LogP contribution in [0.3, 0.4) is 0 Å². The average molecular weight is 563 g/mol. The predicted octanol–water partition coefficient (Wildman–Crippen LogP) is 11.1. The second-order valence-electron chi connectivity index (χ2n) is 19.0. The maximum absolute atomic E-state index is 11.2. The van der Waals surface area contributed by atoms with Gasteiger partial charge in [-0.1, -0.05) is 147 Å². The lowest BCUT2D eigenvalue weighted by atomic mass is 9.58. The standard InChI is InChI=1S/C38H74O2/c1-35(2,3)29-23-27(24-30(33(29)39)36(4,5)6)21-19-17-15-13-14-16-18-20-22-28-25-31(37(7,8)9)34(40)32(26-28)38(10,11)12/h27-34,39-40H,13-26H2,1-12H3. The Bertz CT molecular complexity index is 602. The molecule has 2 fully saturated rings. The largest absolute Gasteiger partial charge is 0.393 e. The minimum absolute atomic E-state index is 0.152. The van der Waals surface area contributed by atoms with Crippen molar-refractivity contribution < 1.29 is 10.2 Å². The van der Waals surface area contributed by atoms with Gasteiger partial charge in [-0.15, -0.1) is 0 Å². The minimum atomic E-state index is -0.152. The van der Waals surface area contributed by atoms with Crippen molar-refractivity contribution >= 4 is 0 Å². The van der Waals surface area contributed by atoms with E-state index in [1.807, 2.05) is 0 Å². The molecule has 4 unspecified atom stereocenters. The maximum Gasteiger partial charge on any atom is 0.0606 e. The third-order valence-corrected chi connectivity index (χ3v) is 11.4. The molecule has 40 heavy (non-hydrogen) atoms. The van der Waals surface area contributed by atoms with E-state index in [0.717, 1.165) is 11.8 Å². The second-order valence-corrected chi connectivity index (χ2v) is 19.0. The van der Waals surface area contributed by atoms with Gasteiger partial charge in [-0.05, 0) is 82.9 Å². The lowest BCUT2D eigenvalue weighted by Gasteiger charge is -2.49. The smallest absolute Gasteiger partial charge is 0.0606 e. The zero-order chi connectivity index (χ0) is 30.5. The molecule has 0 aliphatic heterocycles. The van der Waals surface area contributed by atoms with Gasteiger partial charge in [-0.3, -0.25) is 0 Å². The Morgan fingerprint density at radius 1 is 0.375 bits per heavy atom. The van der Waals surface area contributed by atoms with Crippen molar-refractivity contribution in [2.24, 2.45) is 57.2 Å². The fraction of sp³-hybridized carbons (Fsp3) is 1.00. The van der Waals surface area contributed by atoms with Gasteiger partial charge in [-0.25, -0.2) is 0 Å². The van der Waals surface area contributed by atoms with Crippen LogP contribution in [0.5, 0.6) is 0 Å². The molecule has 0 aromatic carbocycles. The van der Waals surface area contributed by atoms with Crippen LogP contribution in [-0.2, 0) is 0 Å². The predicted molar refractivity (Wildman–Crippen MR) is 175 cm³/mol. The molecule has 238 valence electrons. The summed E-state index contributed by atoms with van der Waals surface area (Å²) in [5.74, 6) is 3.27. The number of aliphatic hydroxyl groups is 2. The van der Waals surface area contributed by atoms with Crippen molar-refractivity contribution in [2.75, 3.05) is 0 Å². The Morgan fingerprint density at radius 2 is 0.575 bits per heavy atom. The lowest BCUT2D eigenvalue weighted by molar-refractivity contribution is -0.0850. The number of aliphatic hydroxyl groups excluding tert-OH is 2. The van der Waals surface area contributed by atoms with Crippen LogP contribution in [0.1, 0.15) is 173 Å². The molecule has 0 aromatic heterocycles. The fourth-order valence-corrected chi connectivity index (χ4v) is 8.61. The summed E-state index contributed by atoms with van der Waals surface area (Å²) in [6, 6.07) is 0. The van der Waals surface area contributed by atoms with Gasteiger partial charge in [0.05, 0.1) is 12.2 Å². The Labute approximate surface area is 252 Å². The highest BCUT2D eigenvalue weighted by Gasteiger charge is 2.47. The first kappa shape index (κ1) is 36.1. The van der Waals surface area contributed by atoms with Gasteiger partial charge in [0.1, 0.15) is 0 Å². The molecule has 2 rings (SSSR count). The Balaban J connectivity index is 1.65. The number of unbranched alkanes of at least 4 members (excludes halogenated alkanes) is 7. The molecule has 0 bridgehead atoms. The van der Waals surface area contributed by atoms with Gasteiger partial charge in [0.2, 0.25) is 0 Å². The SMILES string of the molecule is CC(C)(C)C1CC(CCCCCCCCCCC2CC(C(C)(C)C)C(O)C(C(C)(C)C)C2)CC(C(C)(C)C)C1O. The van der Waals surface area contributed by atoms with E-state index in [-0.39, 0.29) is 33.9 Å². The third kappa shape index (κ3) is 10.9. The zero-order valence-corrected chi connectivity index (χ0v) is 29.4. The molecule has 4 atom stereocenters. The van der Waals surface area contributed by atoms with Crippen LogP contribution >= 0.6 is 0 Å². The zero-order valence-electron chi connectivity index (χ0n) is 29.4. The second kappa shape index (κ2) is 14.6. The molecule has 0 heterocycles. The van der Waals surface area contributed by atoms with Crippen LogP contribution in [-0.4, -0.2) is 22.4 Å². The molecular weight excluding hydrogens is 488 g/mol. The molecule has 2 aliphatic carbocycles. The van der Waals surface area contributed by atoms with Crippen LogP contribution < -0.4 is 0 Å². The van der Waals surface area contributed by atoms with Gasteiger partial charge in [0.15, 0.2) is 0 Å². The van der Waals surface area contributed by atoms with Crippen LogP contribution in [0.15, 0.2) is 0 Å². The molecule has 2 nitrogen and oxygen atoms in total. The number of hydrogen-bond acceptors (Lipinski definition) is 2. The molecule has 0 saturated heterocycles. The summed E-state index contributed by atoms with van der Waals surface area (Å²) in [5, 5.41) is 22.4. The van der Waals surface area contributed by atoms with Gasteiger partial charge in [0, 0.05) is 0 Å². The Kier molecular flexibility index (Phi) is 13.2. The van der Waals surface area contributed by atoms with Crippen molar-refractivity contribution in [1.29, 1.82) is 0 Å². The van der Waals surface area contributed by atoms with Crippen LogP contribution in [0.4, 0.5) is 0 Å². The molecule has 2 aliphatic rings. The van der Waals surface area contributed by atoms with Gasteiger partial charge in [-0.2, -0.15) is 0 Å². The van der Waals surface area contributed by atoms with E-state index >= 15 is 0 Å². The number of rotatable bonds is 11. The molecule has 2 heteroatoms. The molecule has 0 spiro atoms. The van der Waals surface area contributed by atoms with Crippen molar-refractivity contribution in [2.45, 2.75) is 185 Å². The summed E-state index contributed by atoms with van der Waals surface area (Å²) in [6.07, 6.45) is 18.3. The van der Waals surface area contributed by atoms with Crippen molar-refractivity contribution in [3.05, 3.63) is 0 Å². The van der Waals surface area contributed by atoms with E-state index in [9.17, 15) is 10.2 Å². The topological polar surface area (TPSA) is 40.5 Å².